The van der Waals surface area contributed by atoms with Gasteiger partial charge in [0.25, 0.3) is 5.91 Å². The van der Waals surface area contributed by atoms with Gasteiger partial charge in [-0.25, -0.2) is 0 Å². The molecule has 25 heavy (non-hydrogen) atoms. The maximum absolute atomic E-state index is 13.3. The van der Waals surface area contributed by atoms with Gasteiger partial charge in [0.15, 0.2) is 0 Å². The molecule has 0 bridgehead atoms. The number of hydrogen-bond donors (Lipinski definition) is 1. The van der Waals surface area contributed by atoms with Gasteiger partial charge in [-0.15, -0.1) is 0 Å². The van der Waals surface area contributed by atoms with E-state index in [4.69, 9.17) is 0 Å². The van der Waals surface area contributed by atoms with Crippen molar-refractivity contribution in [3.63, 3.8) is 0 Å². The Bertz CT molecular complexity index is 617. The predicted molar refractivity (Wildman–Crippen MR) is 98.6 cm³/mol. The molecule has 5 nitrogen and oxygen atoms in total. The van der Waals surface area contributed by atoms with Crippen LogP contribution in [-0.4, -0.2) is 44.4 Å². The summed E-state index contributed by atoms with van der Waals surface area (Å²) < 4.78 is 1.99. The van der Waals surface area contributed by atoms with E-state index >= 15 is 0 Å². The lowest BCUT2D eigenvalue weighted by Crippen LogP contribution is -2.45. The fraction of sp³-hybridized carbons (Fsp3) is 0.800. The second kappa shape index (κ2) is 7.10. The van der Waals surface area contributed by atoms with E-state index < -0.39 is 0 Å². The van der Waals surface area contributed by atoms with Crippen molar-refractivity contribution in [3.8, 4) is 0 Å². The number of aliphatic hydroxyl groups excluding tert-OH is 1. The number of amides is 1. The third-order valence-corrected chi connectivity index (χ3v) is 5.91. The van der Waals surface area contributed by atoms with Crippen LogP contribution in [0.1, 0.15) is 82.3 Å². The Kier molecular flexibility index (Phi) is 5.24. The summed E-state index contributed by atoms with van der Waals surface area (Å²) >= 11 is 0. The molecule has 2 fully saturated rings. The van der Waals surface area contributed by atoms with E-state index in [-0.39, 0.29) is 29.5 Å². The predicted octanol–water partition coefficient (Wildman–Crippen LogP) is 3.36. The van der Waals surface area contributed by atoms with E-state index in [2.05, 4.69) is 32.8 Å². The standard InChI is InChI=1S/C20H33N3O2/c1-5-16-15(13-21-23(16)20(2,3)4)19(25)22-12-8-10-17(22)14-9-6-7-11-18(14)24/h13-14,17-18,24H,5-12H2,1-4H3. The molecule has 1 aromatic heterocycles. The van der Waals surface area contributed by atoms with Gasteiger partial charge in [-0.2, -0.15) is 5.10 Å². The lowest BCUT2D eigenvalue weighted by molar-refractivity contribution is 0.0211. The molecular weight excluding hydrogens is 314 g/mol. The minimum absolute atomic E-state index is 0.104. The summed E-state index contributed by atoms with van der Waals surface area (Å²) in [6.45, 7) is 9.23. The van der Waals surface area contributed by atoms with Crippen molar-refractivity contribution >= 4 is 5.91 Å². The zero-order valence-corrected chi connectivity index (χ0v) is 16.2. The Hall–Kier alpha value is -1.36. The van der Waals surface area contributed by atoms with Crippen LogP contribution in [0.4, 0.5) is 0 Å². The first-order valence-electron chi connectivity index (χ1n) is 9.91. The molecule has 3 rings (SSSR count). The molecule has 5 heteroatoms. The fourth-order valence-corrected chi connectivity index (χ4v) is 4.70. The largest absolute Gasteiger partial charge is 0.393 e. The Labute approximate surface area is 151 Å². The van der Waals surface area contributed by atoms with Crippen LogP contribution >= 0.6 is 0 Å². The van der Waals surface area contributed by atoms with E-state index in [1.54, 1.807) is 6.20 Å². The molecule has 3 unspecified atom stereocenters. The highest BCUT2D eigenvalue weighted by atomic mass is 16.3. The first-order valence-corrected chi connectivity index (χ1v) is 9.91. The van der Waals surface area contributed by atoms with E-state index in [1.807, 2.05) is 9.58 Å². The van der Waals surface area contributed by atoms with Crippen molar-refractivity contribution in [1.82, 2.24) is 14.7 Å². The van der Waals surface area contributed by atoms with Crippen LogP contribution < -0.4 is 0 Å². The topological polar surface area (TPSA) is 58.4 Å². The molecule has 0 spiro atoms. The summed E-state index contributed by atoms with van der Waals surface area (Å²) in [5, 5.41) is 15.0. The van der Waals surface area contributed by atoms with Crippen LogP contribution in [0.15, 0.2) is 6.20 Å². The number of hydrogen-bond acceptors (Lipinski definition) is 3. The smallest absolute Gasteiger partial charge is 0.257 e. The van der Waals surface area contributed by atoms with Crippen molar-refractivity contribution in [1.29, 1.82) is 0 Å². The van der Waals surface area contributed by atoms with Gasteiger partial charge in [0, 0.05) is 18.5 Å². The maximum Gasteiger partial charge on any atom is 0.257 e. The molecule has 1 saturated carbocycles. The van der Waals surface area contributed by atoms with Crippen molar-refractivity contribution in [2.75, 3.05) is 6.54 Å². The number of nitrogens with zero attached hydrogens (tertiary/aromatic N) is 3. The number of likely N-dealkylation sites (tertiary alicyclic amines) is 1. The van der Waals surface area contributed by atoms with Crippen LogP contribution in [0.3, 0.4) is 0 Å². The molecule has 2 aliphatic rings. The second-order valence-corrected chi connectivity index (χ2v) is 8.66. The molecule has 0 radical (unpaired) electrons. The van der Waals surface area contributed by atoms with E-state index in [0.717, 1.165) is 56.3 Å². The molecule has 1 saturated heterocycles. The highest BCUT2D eigenvalue weighted by Gasteiger charge is 2.40. The molecule has 140 valence electrons. The number of carbonyl (C=O) groups excluding carboxylic acids is 1. The minimum atomic E-state index is -0.255. The lowest BCUT2D eigenvalue weighted by atomic mass is 9.80. The van der Waals surface area contributed by atoms with Gasteiger partial charge >= 0.3 is 0 Å². The molecule has 2 heterocycles. The van der Waals surface area contributed by atoms with Gasteiger partial charge in [-0.3, -0.25) is 9.48 Å². The second-order valence-electron chi connectivity index (χ2n) is 8.66. The fourth-order valence-electron chi connectivity index (χ4n) is 4.70. The van der Waals surface area contributed by atoms with Crippen LogP contribution in [0.2, 0.25) is 0 Å². The Morgan fingerprint density at radius 2 is 1.96 bits per heavy atom. The van der Waals surface area contributed by atoms with Gasteiger partial charge in [-0.05, 0) is 52.9 Å². The zero-order chi connectivity index (χ0) is 18.2. The van der Waals surface area contributed by atoms with Gasteiger partial charge in [0.1, 0.15) is 0 Å². The van der Waals surface area contributed by atoms with Crippen LogP contribution in [0.5, 0.6) is 0 Å². The average molecular weight is 348 g/mol. The molecule has 3 atom stereocenters. The summed E-state index contributed by atoms with van der Waals surface area (Å²) in [6, 6.07) is 0.186. The van der Waals surface area contributed by atoms with Crippen LogP contribution in [0, 0.1) is 5.92 Å². The lowest BCUT2D eigenvalue weighted by Gasteiger charge is -2.37. The summed E-state index contributed by atoms with van der Waals surface area (Å²) in [5.41, 5.74) is 1.63. The quantitative estimate of drug-likeness (QED) is 0.912. The van der Waals surface area contributed by atoms with Crippen LogP contribution in [-0.2, 0) is 12.0 Å². The molecule has 1 aliphatic heterocycles. The monoisotopic (exact) mass is 347 g/mol. The van der Waals surface area contributed by atoms with Gasteiger partial charge in [0.2, 0.25) is 0 Å². The Balaban J connectivity index is 1.86. The van der Waals surface area contributed by atoms with Crippen molar-refractivity contribution in [3.05, 3.63) is 17.5 Å². The molecule has 1 N–H and O–H groups in total. The van der Waals surface area contributed by atoms with E-state index in [9.17, 15) is 9.90 Å². The number of aromatic nitrogens is 2. The Morgan fingerprint density at radius 3 is 2.60 bits per heavy atom. The number of aliphatic hydroxyl groups is 1. The van der Waals surface area contributed by atoms with E-state index in [0.29, 0.717) is 0 Å². The summed E-state index contributed by atoms with van der Waals surface area (Å²) in [6.07, 6.45) is 8.54. The first kappa shape index (κ1) is 18.4. The normalized spacial score (nSPS) is 27.7. The van der Waals surface area contributed by atoms with Crippen molar-refractivity contribution in [2.45, 2.75) is 90.3 Å². The van der Waals surface area contributed by atoms with Crippen molar-refractivity contribution in [2.24, 2.45) is 5.92 Å². The zero-order valence-electron chi connectivity index (χ0n) is 16.2. The Morgan fingerprint density at radius 1 is 1.24 bits per heavy atom. The molecule has 1 aliphatic carbocycles. The van der Waals surface area contributed by atoms with Crippen molar-refractivity contribution < 1.29 is 9.90 Å². The molecular formula is C20H33N3O2. The average Bonchev–Trinajstić information content (AvgIpc) is 3.20. The number of rotatable bonds is 3. The molecule has 1 amide bonds. The maximum atomic E-state index is 13.3. The third kappa shape index (κ3) is 3.48. The number of carbonyl (C=O) groups is 1. The van der Waals surface area contributed by atoms with Crippen LogP contribution in [0.25, 0.3) is 0 Å². The van der Waals surface area contributed by atoms with Gasteiger partial charge in [-0.1, -0.05) is 19.8 Å². The van der Waals surface area contributed by atoms with Gasteiger partial charge in [0.05, 0.1) is 29.1 Å². The minimum Gasteiger partial charge on any atom is -0.393 e. The highest BCUT2D eigenvalue weighted by Crippen LogP contribution is 2.35. The summed E-state index contributed by atoms with van der Waals surface area (Å²) in [4.78, 5) is 15.3. The SMILES string of the molecule is CCc1c(C(=O)N2CCCC2C2CCCCC2O)cnn1C(C)(C)C. The molecule has 0 aromatic carbocycles. The molecule has 1 aromatic rings. The summed E-state index contributed by atoms with van der Waals surface area (Å²) in [5.74, 6) is 0.343. The van der Waals surface area contributed by atoms with E-state index in [1.165, 1.54) is 6.42 Å². The highest BCUT2D eigenvalue weighted by molar-refractivity contribution is 5.95. The van der Waals surface area contributed by atoms with Gasteiger partial charge < -0.3 is 10.0 Å². The third-order valence-electron chi connectivity index (χ3n) is 5.91. The summed E-state index contributed by atoms with van der Waals surface area (Å²) in [7, 11) is 0. The first-order chi connectivity index (χ1) is 11.8.